The van der Waals surface area contributed by atoms with E-state index in [9.17, 15) is 0 Å². The third kappa shape index (κ3) is 5.46. The fourth-order valence-electron chi connectivity index (χ4n) is 2.75. The predicted molar refractivity (Wildman–Crippen MR) is 119 cm³/mol. The van der Waals surface area contributed by atoms with Crippen LogP contribution in [0.2, 0.25) is 25.7 Å². The summed E-state index contributed by atoms with van der Waals surface area (Å²) in [4.78, 5) is 12.8. The van der Waals surface area contributed by atoms with E-state index in [1.807, 2.05) is 16.8 Å². The number of anilines is 1. The zero-order valence-electron chi connectivity index (χ0n) is 17.1. The second-order valence-corrected chi connectivity index (χ2v) is 14.3. The van der Waals surface area contributed by atoms with Crippen LogP contribution >= 0.6 is 15.9 Å². The van der Waals surface area contributed by atoms with Gasteiger partial charge in [-0.15, -0.1) is 0 Å². The summed E-state index contributed by atoms with van der Waals surface area (Å²) in [5.41, 5.74) is 7.53. The zero-order valence-corrected chi connectivity index (χ0v) is 19.7. The van der Waals surface area contributed by atoms with Crippen LogP contribution in [-0.2, 0) is 18.1 Å². The van der Waals surface area contributed by atoms with E-state index < -0.39 is 8.07 Å². The van der Waals surface area contributed by atoms with Gasteiger partial charge in [-0.2, -0.15) is 0 Å². The molecule has 0 saturated carbocycles. The molecule has 3 rings (SSSR count). The van der Waals surface area contributed by atoms with Crippen molar-refractivity contribution in [2.75, 3.05) is 19.5 Å². The third-order valence-corrected chi connectivity index (χ3v) is 6.48. The van der Waals surface area contributed by atoms with Crippen molar-refractivity contribution in [1.29, 1.82) is 0 Å². The molecule has 2 N–H and O–H groups in total. The van der Waals surface area contributed by atoms with Crippen LogP contribution in [-0.4, -0.2) is 41.3 Å². The molecule has 0 amide bonds. The lowest BCUT2D eigenvalue weighted by molar-refractivity contribution is 0.0899. The number of rotatable bonds is 9. The van der Waals surface area contributed by atoms with Crippen molar-refractivity contribution in [3.63, 3.8) is 0 Å². The second kappa shape index (κ2) is 9.10. The quantitative estimate of drug-likeness (QED) is 0.364. The third-order valence-electron chi connectivity index (χ3n) is 4.40. The van der Waals surface area contributed by atoms with Crippen LogP contribution < -0.4 is 15.2 Å². The molecule has 0 atom stereocenters. The minimum atomic E-state index is -1.11. The average molecular weight is 480 g/mol. The Hall–Kier alpha value is -2.17. The van der Waals surface area contributed by atoms with Crippen molar-refractivity contribution in [3.8, 4) is 11.6 Å². The van der Waals surface area contributed by atoms with Gasteiger partial charge in [-0.3, -0.25) is 0 Å². The van der Waals surface area contributed by atoms with Gasteiger partial charge in [0.25, 0.3) is 5.88 Å². The summed E-state index contributed by atoms with van der Waals surface area (Å²) in [6.45, 7) is 8.44. The van der Waals surface area contributed by atoms with Gasteiger partial charge >= 0.3 is 0 Å². The van der Waals surface area contributed by atoms with Crippen LogP contribution in [0.1, 0.15) is 5.56 Å². The number of hydrogen-bond acceptors (Lipinski definition) is 7. The topological polar surface area (TPSA) is 97.3 Å². The van der Waals surface area contributed by atoms with Gasteiger partial charge in [-0.05, 0) is 28.0 Å². The van der Waals surface area contributed by atoms with Gasteiger partial charge in [0.05, 0.1) is 19.5 Å². The average Bonchev–Trinajstić information content (AvgIpc) is 3.08. The van der Waals surface area contributed by atoms with Gasteiger partial charge in [0.15, 0.2) is 5.82 Å². The maximum Gasteiger partial charge on any atom is 0.258 e. The van der Waals surface area contributed by atoms with Gasteiger partial charge < -0.3 is 24.5 Å². The van der Waals surface area contributed by atoms with Gasteiger partial charge in [-0.1, -0.05) is 19.6 Å². The van der Waals surface area contributed by atoms with E-state index in [4.69, 9.17) is 19.9 Å². The maximum atomic E-state index is 5.87. The Bertz CT molecular complexity index is 990. The lowest BCUT2D eigenvalue weighted by Gasteiger charge is -2.16. The highest BCUT2D eigenvalue weighted by Gasteiger charge is 2.16. The number of ether oxygens (including phenoxy) is 3. The second-order valence-electron chi connectivity index (χ2n) is 7.85. The van der Waals surface area contributed by atoms with Crippen LogP contribution in [0.25, 0.3) is 11.0 Å². The van der Waals surface area contributed by atoms with E-state index in [0.717, 1.165) is 29.2 Å². The molecule has 0 aliphatic rings. The Kier molecular flexibility index (Phi) is 6.76. The van der Waals surface area contributed by atoms with Crippen LogP contribution in [0.15, 0.2) is 29.3 Å². The SMILES string of the molecule is COc1cnc2c(ccn2COCC[Si](C)(C)C)c1COc1nc(Br)cnc1N. The number of aromatic nitrogens is 4. The van der Waals surface area contributed by atoms with Crippen LogP contribution in [0.3, 0.4) is 0 Å². The first-order valence-electron chi connectivity index (χ1n) is 9.28. The van der Waals surface area contributed by atoms with E-state index in [1.165, 1.54) is 6.20 Å². The molecule has 10 heteroatoms. The predicted octanol–water partition coefficient (Wildman–Crippen LogP) is 4.07. The summed E-state index contributed by atoms with van der Waals surface area (Å²) in [7, 11) is 0.494. The molecule has 0 aliphatic carbocycles. The first-order chi connectivity index (χ1) is 13.8. The largest absolute Gasteiger partial charge is 0.495 e. The number of halogens is 1. The molecule has 8 nitrogen and oxygen atoms in total. The lowest BCUT2D eigenvalue weighted by atomic mass is 10.2. The molecule has 3 heterocycles. The number of nitrogens with two attached hydrogens (primary N) is 1. The summed E-state index contributed by atoms with van der Waals surface area (Å²) >= 11 is 3.28. The van der Waals surface area contributed by atoms with E-state index in [2.05, 4.69) is 50.5 Å². The highest BCUT2D eigenvalue weighted by Crippen LogP contribution is 2.29. The number of pyridine rings is 1. The molecule has 0 saturated heterocycles. The Morgan fingerprint density at radius 1 is 1.21 bits per heavy atom. The molecular formula is C19H26BrN5O3Si. The first kappa shape index (κ1) is 21.5. The summed E-state index contributed by atoms with van der Waals surface area (Å²) in [5, 5.41) is 0.930. The number of methoxy groups -OCH3 is 1. The fraction of sp³-hybridized carbons (Fsp3) is 0.421. The summed E-state index contributed by atoms with van der Waals surface area (Å²) in [6.07, 6.45) is 5.17. The molecule has 0 fully saturated rings. The van der Waals surface area contributed by atoms with E-state index in [1.54, 1.807) is 13.3 Å². The molecule has 0 bridgehead atoms. The van der Waals surface area contributed by atoms with Crippen molar-refractivity contribution in [2.45, 2.75) is 39.0 Å². The number of hydrogen-bond donors (Lipinski definition) is 1. The lowest BCUT2D eigenvalue weighted by Crippen LogP contribution is -2.22. The smallest absolute Gasteiger partial charge is 0.258 e. The molecule has 3 aromatic heterocycles. The van der Waals surface area contributed by atoms with Crippen molar-refractivity contribution >= 4 is 40.9 Å². The highest BCUT2D eigenvalue weighted by molar-refractivity contribution is 9.10. The first-order valence-corrected chi connectivity index (χ1v) is 13.8. The van der Waals surface area contributed by atoms with Gasteiger partial charge in [0.1, 0.15) is 29.3 Å². The van der Waals surface area contributed by atoms with Crippen molar-refractivity contribution < 1.29 is 14.2 Å². The summed E-state index contributed by atoms with van der Waals surface area (Å²) < 4.78 is 19.7. The van der Waals surface area contributed by atoms with Gasteiger partial charge in [0, 0.05) is 31.8 Å². The standard InChI is InChI=1S/C19H26BrN5O3Si/c1-26-15-9-23-18-13(5-6-25(18)12-27-7-8-29(2,3)4)14(15)11-28-19-17(21)22-10-16(20)24-19/h5-6,9-10H,7-8,11-12H2,1-4H3,(H2,21,22). The Morgan fingerprint density at radius 3 is 2.72 bits per heavy atom. The molecule has 3 aromatic rings. The normalized spacial score (nSPS) is 11.8. The number of nitrogens with zero attached hydrogens (tertiary/aromatic N) is 4. The maximum absolute atomic E-state index is 5.87. The van der Waals surface area contributed by atoms with Crippen molar-refractivity contribution in [3.05, 3.63) is 34.8 Å². The molecule has 156 valence electrons. The number of nitrogen functional groups attached to an aromatic ring is 1. The summed E-state index contributed by atoms with van der Waals surface area (Å²) in [6, 6.07) is 3.11. The Morgan fingerprint density at radius 2 is 2.00 bits per heavy atom. The molecule has 0 spiro atoms. The van der Waals surface area contributed by atoms with Crippen LogP contribution in [0.4, 0.5) is 5.82 Å². The van der Waals surface area contributed by atoms with Gasteiger partial charge in [0.2, 0.25) is 0 Å². The van der Waals surface area contributed by atoms with E-state index in [-0.39, 0.29) is 18.3 Å². The fourth-order valence-corrected chi connectivity index (χ4v) is 3.77. The highest BCUT2D eigenvalue weighted by atomic mass is 79.9. The molecule has 0 radical (unpaired) electrons. The van der Waals surface area contributed by atoms with Crippen LogP contribution in [0, 0.1) is 0 Å². The monoisotopic (exact) mass is 479 g/mol. The van der Waals surface area contributed by atoms with Crippen molar-refractivity contribution in [2.24, 2.45) is 0 Å². The minimum Gasteiger partial charge on any atom is -0.495 e. The molecule has 0 aliphatic heterocycles. The van der Waals surface area contributed by atoms with Crippen molar-refractivity contribution in [1.82, 2.24) is 19.5 Å². The van der Waals surface area contributed by atoms with Gasteiger partial charge in [-0.25, -0.2) is 15.0 Å². The minimum absolute atomic E-state index is 0.220. The summed E-state index contributed by atoms with van der Waals surface area (Å²) in [5.74, 6) is 1.13. The zero-order chi connectivity index (χ0) is 21.0. The Labute approximate surface area is 179 Å². The molecule has 0 unspecified atom stereocenters. The molecule has 29 heavy (non-hydrogen) atoms. The van der Waals surface area contributed by atoms with Crippen LogP contribution in [0.5, 0.6) is 11.6 Å². The van der Waals surface area contributed by atoms with E-state index >= 15 is 0 Å². The molecule has 0 aromatic carbocycles. The van der Waals surface area contributed by atoms with E-state index in [0.29, 0.717) is 17.1 Å². The number of fused-ring (bicyclic) bond motifs is 1. The molecular weight excluding hydrogens is 454 g/mol. The Balaban J connectivity index is 1.79.